The first-order valence-electron chi connectivity index (χ1n) is 10.8. The van der Waals surface area contributed by atoms with Crippen molar-refractivity contribution in [2.75, 3.05) is 14.2 Å². The maximum Gasteiger partial charge on any atom is 0.144 e. The summed E-state index contributed by atoms with van der Waals surface area (Å²) in [6, 6.07) is 0. The summed E-state index contributed by atoms with van der Waals surface area (Å²) in [6.45, 7) is 9.14. The third-order valence-corrected chi connectivity index (χ3v) is 9.42. The minimum Gasteiger partial charge on any atom is -0.381 e. The van der Waals surface area contributed by atoms with Crippen LogP contribution in [-0.2, 0) is 14.3 Å². The van der Waals surface area contributed by atoms with Crippen molar-refractivity contribution < 1.29 is 14.3 Å². The predicted molar refractivity (Wildman–Crippen MR) is 103 cm³/mol. The fraction of sp³-hybridized carbons (Fsp3) is 0.957. The van der Waals surface area contributed by atoms with Crippen LogP contribution in [0.15, 0.2) is 0 Å². The number of methoxy groups -OCH3 is 2. The van der Waals surface area contributed by atoms with Gasteiger partial charge in [0.05, 0.1) is 12.2 Å². The lowest BCUT2D eigenvalue weighted by Gasteiger charge is -2.62. The molecule has 0 aromatic rings. The van der Waals surface area contributed by atoms with E-state index < -0.39 is 0 Å². The number of fused-ring (bicyclic) bond motifs is 5. The first kappa shape index (κ1) is 18.9. The Morgan fingerprint density at radius 2 is 1.69 bits per heavy atom. The monoisotopic (exact) mass is 362 g/mol. The van der Waals surface area contributed by atoms with E-state index in [-0.39, 0.29) is 16.9 Å². The van der Waals surface area contributed by atoms with Gasteiger partial charge in [0, 0.05) is 25.0 Å². The maximum absolute atomic E-state index is 13.3. The average molecular weight is 363 g/mol. The molecule has 0 N–H and O–H groups in total. The van der Waals surface area contributed by atoms with E-state index in [4.69, 9.17) is 9.47 Å². The summed E-state index contributed by atoms with van der Waals surface area (Å²) < 4.78 is 11.9. The predicted octanol–water partition coefficient (Wildman–Crippen LogP) is 4.87. The smallest absolute Gasteiger partial charge is 0.144 e. The van der Waals surface area contributed by atoms with Gasteiger partial charge in [0.25, 0.3) is 0 Å². The zero-order chi connectivity index (χ0) is 18.9. The maximum atomic E-state index is 13.3. The van der Waals surface area contributed by atoms with Crippen LogP contribution in [0.1, 0.15) is 72.6 Å². The van der Waals surface area contributed by atoms with Crippen molar-refractivity contribution >= 4 is 5.78 Å². The summed E-state index contributed by atoms with van der Waals surface area (Å²) in [5.74, 6) is 3.02. The fourth-order valence-electron chi connectivity index (χ4n) is 8.15. The molecule has 0 amide bonds. The van der Waals surface area contributed by atoms with Crippen LogP contribution in [-0.4, -0.2) is 32.2 Å². The molecule has 0 radical (unpaired) electrons. The number of ether oxygens (including phenoxy) is 2. The standard InChI is InChI=1S/C23H38O3/c1-21(2)12-17-16-8-7-14-11-15(25-5)9-10-22(14,3)19(16)18(26-6)13-23(17,4)20(21)24/h14-19H,7-13H2,1-6H3. The normalized spacial score (nSPS) is 52.9. The highest BCUT2D eigenvalue weighted by molar-refractivity contribution is 5.92. The molecule has 0 heterocycles. The third kappa shape index (κ3) is 2.42. The Morgan fingerprint density at radius 3 is 2.35 bits per heavy atom. The number of rotatable bonds is 2. The van der Waals surface area contributed by atoms with Crippen molar-refractivity contribution in [3.05, 3.63) is 0 Å². The van der Waals surface area contributed by atoms with E-state index >= 15 is 0 Å². The lowest BCUT2D eigenvalue weighted by atomic mass is 9.44. The second kappa shape index (κ2) is 6.04. The van der Waals surface area contributed by atoms with Crippen LogP contribution in [0.4, 0.5) is 0 Å². The molecular weight excluding hydrogens is 324 g/mol. The van der Waals surface area contributed by atoms with Crippen LogP contribution in [0.2, 0.25) is 0 Å². The van der Waals surface area contributed by atoms with Crippen molar-refractivity contribution in [3.63, 3.8) is 0 Å². The molecule has 4 aliphatic rings. The Bertz CT molecular complexity index is 584. The van der Waals surface area contributed by atoms with Crippen molar-refractivity contribution in [1.29, 1.82) is 0 Å². The van der Waals surface area contributed by atoms with E-state index in [0.717, 1.165) is 18.8 Å². The number of carbonyl (C=O) groups excluding carboxylic acids is 1. The average Bonchev–Trinajstić information content (AvgIpc) is 2.79. The largest absolute Gasteiger partial charge is 0.381 e. The van der Waals surface area contributed by atoms with Gasteiger partial charge in [0.2, 0.25) is 0 Å². The van der Waals surface area contributed by atoms with Gasteiger partial charge in [0.15, 0.2) is 0 Å². The molecule has 3 nitrogen and oxygen atoms in total. The van der Waals surface area contributed by atoms with Gasteiger partial charge in [-0.3, -0.25) is 4.79 Å². The van der Waals surface area contributed by atoms with E-state index in [1.54, 1.807) is 0 Å². The molecule has 0 bridgehead atoms. The quantitative estimate of drug-likeness (QED) is 0.703. The highest BCUT2D eigenvalue weighted by Gasteiger charge is 2.66. The molecule has 4 rings (SSSR count). The first-order chi connectivity index (χ1) is 12.2. The molecule has 0 saturated heterocycles. The summed E-state index contributed by atoms with van der Waals surface area (Å²) in [7, 11) is 3.75. The molecule has 3 heteroatoms. The van der Waals surface area contributed by atoms with Gasteiger partial charge in [-0.2, -0.15) is 0 Å². The Labute approximate surface area is 159 Å². The van der Waals surface area contributed by atoms with Crippen molar-refractivity contribution in [3.8, 4) is 0 Å². The van der Waals surface area contributed by atoms with Crippen LogP contribution < -0.4 is 0 Å². The SMILES string of the molecule is COC1CCC2(C)C(CCC3C4CC(C)(C)C(=O)C4(C)CC(OC)C32)C1. The first-order valence-corrected chi connectivity index (χ1v) is 10.8. The molecule has 4 saturated carbocycles. The van der Waals surface area contributed by atoms with Gasteiger partial charge < -0.3 is 9.47 Å². The van der Waals surface area contributed by atoms with Gasteiger partial charge in [-0.25, -0.2) is 0 Å². The Morgan fingerprint density at radius 1 is 0.962 bits per heavy atom. The number of Topliss-reactive ketones (excluding diaryl/α,β-unsaturated/α-hetero) is 1. The number of hydrogen-bond donors (Lipinski definition) is 0. The summed E-state index contributed by atoms with van der Waals surface area (Å²) in [5.41, 5.74) is -0.00787. The minimum atomic E-state index is -0.182. The summed E-state index contributed by atoms with van der Waals surface area (Å²) in [6.07, 6.45) is 8.86. The lowest BCUT2D eigenvalue weighted by Crippen LogP contribution is -2.59. The van der Waals surface area contributed by atoms with Crippen molar-refractivity contribution in [1.82, 2.24) is 0 Å². The van der Waals surface area contributed by atoms with Crippen molar-refractivity contribution in [2.24, 2.45) is 39.9 Å². The van der Waals surface area contributed by atoms with Gasteiger partial charge in [-0.15, -0.1) is 0 Å². The fourth-order valence-corrected chi connectivity index (χ4v) is 8.15. The second-order valence-corrected chi connectivity index (χ2v) is 11.0. The summed E-state index contributed by atoms with van der Waals surface area (Å²) >= 11 is 0. The van der Waals surface area contributed by atoms with Gasteiger partial charge in [0.1, 0.15) is 5.78 Å². The zero-order valence-corrected chi connectivity index (χ0v) is 17.6. The molecule has 0 aliphatic heterocycles. The molecular formula is C23H38O3. The summed E-state index contributed by atoms with van der Waals surface area (Å²) in [4.78, 5) is 13.3. The Kier molecular flexibility index (Phi) is 4.40. The van der Waals surface area contributed by atoms with Crippen LogP contribution in [0.3, 0.4) is 0 Å². The molecule has 0 spiro atoms. The molecule has 26 heavy (non-hydrogen) atoms. The van der Waals surface area contributed by atoms with Gasteiger partial charge in [-0.05, 0) is 74.0 Å². The third-order valence-electron chi connectivity index (χ3n) is 9.42. The van der Waals surface area contributed by atoms with E-state index in [1.165, 1.54) is 32.1 Å². The Balaban J connectivity index is 1.70. The van der Waals surface area contributed by atoms with E-state index in [1.807, 2.05) is 14.2 Å². The minimum absolute atomic E-state index is 0.169. The lowest BCUT2D eigenvalue weighted by molar-refractivity contribution is -0.183. The van der Waals surface area contributed by atoms with E-state index in [2.05, 4.69) is 27.7 Å². The van der Waals surface area contributed by atoms with Gasteiger partial charge in [-0.1, -0.05) is 27.7 Å². The van der Waals surface area contributed by atoms with Crippen LogP contribution in [0.5, 0.6) is 0 Å². The molecule has 0 aromatic carbocycles. The molecule has 148 valence electrons. The van der Waals surface area contributed by atoms with Crippen LogP contribution in [0.25, 0.3) is 0 Å². The van der Waals surface area contributed by atoms with E-state index in [0.29, 0.717) is 35.1 Å². The topological polar surface area (TPSA) is 35.5 Å². The van der Waals surface area contributed by atoms with Gasteiger partial charge >= 0.3 is 0 Å². The van der Waals surface area contributed by atoms with Crippen molar-refractivity contribution in [2.45, 2.75) is 84.8 Å². The van der Waals surface area contributed by atoms with E-state index in [9.17, 15) is 4.79 Å². The Hall–Kier alpha value is -0.410. The summed E-state index contributed by atoms with van der Waals surface area (Å²) in [5, 5.41) is 0. The molecule has 8 atom stereocenters. The zero-order valence-electron chi connectivity index (χ0n) is 17.6. The molecule has 4 aliphatic carbocycles. The second-order valence-electron chi connectivity index (χ2n) is 11.0. The molecule has 4 fully saturated rings. The highest BCUT2D eigenvalue weighted by Crippen LogP contribution is 2.68. The molecule has 8 unspecified atom stereocenters. The van der Waals surface area contributed by atoms with Crippen LogP contribution >= 0.6 is 0 Å². The number of hydrogen-bond acceptors (Lipinski definition) is 3. The molecule has 0 aromatic heterocycles. The number of carbonyl (C=O) groups is 1. The number of ketones is 1. The highest BCUT2D eigenvalue weighted by atomic mass is 16.5. The van der Waals surface area contributed by atoms with Crippen LogP contribution in [0, 0.1) is 39.9 Å².